The largest absolute Gasteiger partial charge is 0.459 e. The Morgan fingerprint density at radius 3 is 1.82 bits per heavy atom. The summed E-state index contributed by atoms with van der Waals surface area (Å²) in [7, 11) is 3.83. The molecule has 96 valence electrons. The topological polar surface area (TPSA) is 3.24 Å². The average Bonchev–Trinajstić information content (AvgIpc) is 2.48. The summed E-state index contributed by atoms with van der Waals surface area (Å²) in [5.41, 5.74) is 5.75. The van der Waals surface area contributed by atoms with E-state index in [9.17, 15) is 0 Å². The Kier molecular flexibility index (Phi) is 8.40. The first-order chi connectivity index (χ1) is 7.52. The van der Waals surface area contributed by atoms with Crippen LogP contribution in [0.15, 0.2) is 6.07 Å². The molecule has 0 atom stereocenters. The zero-order chi connectivity index (χ0) is 12.1. The first-order valence-electron chi connectivity index (χ1n) is 6.28. The van der Waals surface area contributed by atoms with Crippen LogP contribution in [0.2, 0.25) is 0 Å². The summed E-state index contributed by atoms with van der Waals surface area (Å²) < 4.78 is 0. The first-order valence-corrected chi connectivity index (χ1v) is 6.28. The Bertz CT molecular complexity index is 299. The normalized spacial score (nSPS) is 15.8. The van der Waals surface area contributed by atoms with Gasteiger partial charge in [-0.25, -0.2) is 0 Å². The minimum Gasteiger partial charge on any atom is -0.459 e. The van der Waals surface area contributed by atoms with E-state index in [1.54, 1.807) is 0 Å². The summed E-state index contributed by atoms with van der Waals surface area (Å²) in [6.07, 6.45) is 4.11. The summed E-state index contributed by atoms with van der Waals surface area (Å²) in [6.45, 7) is 11.1. The van der Waals surface area contributed by atoms with E-state index in [0.717, 1.165) is 0 Å². The second-order valence-electron chi connectivity index (χ2n) is 4.94. The van der Waals surface area contributed by atoms with Crippen LogP contribution in [0, 0.1) is 34.7 Å². The van der Waals surface area contributed by atoms with Gasteiger partial charge in [-0.05, 0) is 25.9 Å². The van der Waals surface area contributed by atoms with Crippen molar-refractivity contribution < 1.29 is 25.8 Å². The molecule has 0 aromatic heterocycles. The second-order valence-corrected chi connectivity index (χ2v) is 4.94. The molecule has 0 spiro atoms. The van der Waals surface area contributed by atoms with E-state index in [2.05, 4.69) is 45.7 Å². The maximum absolute atomic E-state index is 3.83. The minimum atomic E-state index is 0. The van der Waals surface area contributed by atoms with E-state index in [1.165, 1.54) is 54.6 Å². The number of rotatable bonds is 0. The molecule has 2 heteroatoms. The number of nitrogens with zero attached hydrogens (tertiary/aromatic N) is 1. The zero-order valence-corrected chi connectivity index (χ0v) is 15.4. The van der Waals surface area contributed by atoms with E-state index < -0.39 is 0 Å². The van der Waals surface area contributed by atoms with Crippen LogP contribution >= 0.6 is 0 Å². The Labute approximate surface area is 126 Å². The Hall–Kier alpha value is 0.180. The van der Waals surface area contributed by atoms with Gasteiger partial charge >= 0.3 is 0 Å². The van der Waals surface area contributed by atoms with Gasteiger partial charge in [0.25, 0.3) is 0 Å². The molecule has 1 nitrogen and oxygen atoms in total. The summed E-state index contributed by atoms with van der Waals surface area (Å²) in [5, 5.41) is 0. The van der Waals surface area contributed by atoms with Gasteiger partial charge in [-0.1, -0.05) is 34.1 Å². The van der Waals surface area contributed by atoms with Gasteiger partial charge in [-0.3, -0.25) is 7.05 Å². The quantitative estimate of drug-likeness (QED) is 0.474. The molecule has 1 aliphatic heterocycles. The molecular formula is C15H25HfN-2. The van der Waals surface area contributed by atoms with Gasteiger partial charge in [0.05, 0.1) is 0 Å². The SMILES string of the molecule is Cc1c[c-](C)c(C)c1C.[CH2-]N1CCCCC1.[Hf]. The molecule has 17 heavy (non-hydrogen) atoms. The van der Waals surface area contributed by atoms with E-state index in [-0.39, 0.29) is 25.8 Å². The van der Waals surface area contributed by atoms with Gasteiger partial charge < -0.3 is 4.90 Å². The second kappa shape index (κ2) is 8.31. The Balaban J connectivity index is 0.000000292. The van der Waals surface area contributed by atoms with Gasteiger partial charge in [-0.2, -0.15) is 28.3 Å². The number of likely N-dealkylation sites (tertiary alicyclic amines) is 1. The molecular weight excluding hydrogens is 373 g/mol. The minimum absolute atomic E-state index is 0. The fraction of sp³-hybridized carbons (Fsp3) is 0.600. The summed E-state index contributed by atoms with van der Waals surface area (Å²) in [4.78, 5) is 2.14. The predicted octanol–water partition coefficient (Wildman–Crippen LogP) is 3.90. The molecule has 0 bridgehead atoms. The molecule has 0 amide bonds. The molecule has 1 fully saturated rings. The maximum Gasteiger partial charge on any atom is 0 e. The monoisotopic (exact) mass is 399 g/mol. The van der Waals surface area contributed by atoms with Crippen LogP contribution in [-0.4, -0.2) is 18.0 Å². The number of aryl methyl sites for hydroxylation is 2. The van der Waals surface area contributed by atoms with Crippen molar-refractivity contribution in [2.75, 3.05) is 13.1 Å². The molecule has 1 aliphatic rings. The summed E-state index contributed by atoms with van der Waals surface area (Å²) >= 11 is 0. The van der Waals surface area contributed by atoms with Crippen molar-refractivity contribution in [3.8, 4) is 0 Å². The molecule has 1 aromatic rings. The van der Waals surface area contributed by atoms with Crippen LogP contribution in [0.5, 0.6) is 0 Å². The van der Waals surface area contributed by atoms with Crippen LogP contribution in [-0.2, 0) is 25.8 Å². The molecule has 0 radical (unpaired) electrons. The van der Waals surface area contributed by atoms with Crippen molar-refractivity contribution in [3.05, 3.63) is 35.4 Å². The van der Waals surface area contributed by atoms with Crippen molar-refractivity contribution >= 4 is 0 Å². The van der Waals surface area contributed by atoms with Crippen molar-refractivity contribution in [2.24, 2.45) is 0 Å². The van der Waals surface area contributed by atoms with Crippen molar-refractivity contribution in [3.63, 3.8) is 0 Å². The number of hydrogen-bond acceptors (Lipinski definition) is 1. The molecule has 2 rings (SSSR count). The standard InChI is InChI=1S/C9H13.C6H12N.Hf/c1-6-5-7(2)9(4)8(6)3;1-7-5-3-2-4-6-7;/h5H,1-4H3;1-6H2;/q2*-1;. The van der Waals surface area contributed by atoms with Crippen LogP contribution in [0.25, 0.3) is 0 Å². The van der Waals surface area contributed by atoms with Gasteiger partial charge in [-0.15, -0.1) is 0 Å². The number of hydrogen-bond donors (Lipinski definition) is 0. The molecule has 1 aromatic carbocycles. The van der Waals surface area contributed by atoms with E-state index in [0.29, 0.717) is 0 Å². The smallest absolute Gasteiger partial charge is 0 e. The van der Waals surface area contributed by atoms with Crippen molar-refractivity contribution in [2.45, 2.75) is 47.0 Å². The zero-order valence-electron chi connectivity index (χ0n) is 11.8. The van der Waals surface area contributed by atoms with Crippen LogP contribution in [0.3, 0.4) is 0 Å². The van der Waals surface area contributed by atoms with Gasteiger partial charge in [0.15, 0.2) is 0 Å². The average molecular weight is 398 g/mol. The molecule has 1 heterocycles. The first kappa shape index (κ1) is 17.2. The summed E-state index contributed by atoms with van der Waals surface area (Å²) in [5.74, 6) is 0. The molecule has 1 saturated heterocycles. The van der Waals surface area contributed by atoms with Gasteiger partial charge in [0.1, 0.15) is 0 Å². The Morgan fingerprint density at radius 1 is 1.12 bits per heavy atom. The van der Waals surface area contributed by atoms with Crippen LogP contribution in [0.4, 0.5) is 0 Å². The van der Waals surface area contributed by atoms with Crippen LogP contribution < -0.4 is 0 Å². The third-order valence-corrected chi connectivity index (χ3v) is 3.63. The summed E-state index contributed by atoms with van der Waals surface area (Å²) in [6, 6.07) is 2.24. The van der Waals surface area contributed by atoms with E-state index >= 15 is 0 Å². The fourth-order valence-corrected chi connectivity index (χ4v) is 2.09. The third kappa shape index (κ3) is 5.56. The van der Waals surface area contributed by atoms with E-state index in [4.69, 9.17) is 0 Å². The van der Waals surface area contributed by atoms with Crippen molar-refractivity contribution in [1.82, 2.24) is 4.90 Å². The van der Waals surface area contributed by atoms with Crippen LogP contribution in [0.1, 0.15) is 41.5 Å². The molecule has 0 unspecified atom stereocenters. The van der Waals surface area contributed by atoms with Crippen molar-refractivity contribution in [1.29, 1.82) is 0 Å². The maximum atomic E-state index is 3.83. The number of piperidine rings is 1. The fourth-order valence-electron chi connectivity index (χ4n) is 2.09. The van der Waals surface area contributed by atoms with Gasteiger partial charge in [0, 0.05) is 25.8 Å². The predicted molar refractivity (Wildman–Crippen MR) is 71.8 cm³/mol. The molecule has 0 saturated carbocycles. The molecule has 0 aliphatic carbocycles. The third-order valence-electron chi connectivity index (χ3n) is 3.63. The van der Waals surface area contributed by atoms with E-state index in [1.807, 2.05) is 0 Å². The Morgan fingerprint density at radius 2 is 1.65 bits per heavy atom. The molecule has 0 N–H and O–H groups in total. The van der Waals surface area contributed by atoms with Gasteiger partial charge in [0.2, 0.25) is 0 Å².